The van der Waals surface area contributed by atoms with Crippen LogP contribution in [0.2, 0.25) is 0 Å². The Bertz CT molecular complexity index is 1100. The summed E-state index contributed by atoms with van der Waals surface area (Å²) in [7, 11) is 0. The summed E-state index contributed by atoms with van der Waals surface area (Å²) < 4.78 is 7.48. The van der Waals surface area contributed by atoms with Crippen molar-refractivity contribution < 1.29 is 9.84 Å². The van der Waals surface area contributed by atoms with Crippen molar-refractivity contribution in [3.63, 3.8) is 0 Å². The molecule has 2 heterocycles. The summed E-state index contributed by atoms with van der Waals surface area (Å²) >= 11 is 3.76. The average Bonchev–Trinajstić information content (AvgIpc) is 3.21. The molecule has 2 aliphatic rings. The molecule has 3 N–H and O–H groups in total. The summed E-state index contributed by atoms with van der Waals surface area (Å²) in [5, 5.41) is 13.1. The van der Waals surface area contributed by atoms with Crippen LogP contribution in [0.5, 0.6) is 0 Å². The van der Waals surface area contributed by atoms with Gasteiger partial charge in [0.25, 0.3) is 0 Å². The van der Waals surface area contributed by atoms with Crippen molar-refractivity contribution in [1.82, 2.24) is 19.9 Å². The van der Waals surface area contributed by atoms with Crippen LogP contribution in [0, 0.1) is 5.92 Å². The largest absolute Gasteiger partial charge is 0.487 e. The predicted octanol–water partition coefficient (Wildman–Crippen LogP) is 4.67. The van der Waals surface area contributed by atoms with Gasteiger partial charge in [0.1, 0.15) is 5.69 Å². The number of nitrogens with one attached hydrogen (secondary N) is 2. The second kappa shape index (κ2) is 8.00. The zero-order valence-corrected chi connectivity index (χ0v) is 18.3. The number of rotatable bonds is 4. The topological polar surface area (TPSA) is 96.0 Å². The smallest absolute Gasteiger partial charge is 0.227 e. The van der Waals surface area contributed by atoms with Gasteiger partial charge in [0, 0.05) is 21.9 Å². The highest BCUT2D eigenvalue weighted by molar-refractivity contribution is 9.11. The molecule has 1 atom stereocenters. The van der Waals surface area contributed by atoms with Crippen LogP contribution in [0.3, 0.4) is 0 Å². The Morgan fingerprint density at radius 1 is 1.20 bits per heavy atom. The van der Waals surface area contributed by atoms with E-state index >= 15 is 0 Å². The maximum Gasteiger partial charge on any atom is 0.227 e. The van der Waals surface area contributed by atoms with Crippen molar-refractivity contribution in [3.8, 4) is 0 Å². The van der Waals surface area contributed by atoms with Crippen LogP contribution in [-0.2, 0) is 11.2 Å². The number of H-pyrrole nitrogens is 1. The van der Waals surface area contributed by atoms with E-state index in [4.69, 9.17) is 9.72 Å². The lowest BCUT2D eigenvalue weighted by Gasteiger charge is -2.31. The van der Waals surface area contributed by atoms with Crippen molar-refractivity contribution in [2.24, 2.45) is 5.92 Å². The molecule has 0 aliphatic heterocycles. The summed E-state index contributed by atoms with van der Waals surface area (Å²) in [6.07, 6.45) is 7.62. The summed E-state index contributed by atoms with van der Waals surface area (Å²) in [5.41, 5.74) is 4.69. The number of imidazole rings is 1. The quantitative estimate of drug-likeness (QED) is 0.513. The predicted molar refractivity (Wildman–Crippen MR) is 119 cm³/mol. The lowest BCUT2D eigenvalue weighted by molar-refractivity contribution is 0.0521. The van der Waals surface area contributed by atoms with E-state index in [9.17, 15) is 5.11 Å². The molecule has 5 rings (SSSR count). The van der Waals surface area contributed by atoms with Crippen molar-refractivity contribution in [1.29, 1.82) is 0 Å². The molecule has 0 bridgehead atoms. The second-order valence-electron chi connectivity index (χ2n) is 8.16. The maximum absolute atomic E-state index is 9.80. The summed E-state index contributed by atoms with van der Waals surface area (Å²) in [6.45, 7) is 2.17. The molecule has 156 valence electrons. The zero-order valence-electron chi connectivity index (χ0n) is 16.7. The van der Waals surface area contributed by atoms with E-state index < -0.39 is 0 Å². The highest BCUT2D eigenvalue weighted by atomic mass is 79.9. The lowest BCUT2D eigenvalue weighted by atomic mass is 9.92. The summed E-state index contributed by atoms with van der Waals surface area (Å²) in [6, 6.07) is 5.91. The third kappa shape index (κ3) is 3.81. The Balaban J connectivity index is 1.43. The molecule has 2 aliphatic carbocycles. The van der Waals surface area contributed by atoms with E-state index in [0.29, 0.717) is 11.9 Å². The Labute approximate surface area is 183 Å². The number of hydrogen-bond acceptors (Lipinski definition) is 6. The number of aromatic amines is 1. The van der Waals surface area contributed by atoms with Crippen molar-refractivity contribution in [2.75, 3.05) is 5.32 Å². The van der Waals surface area contributed by atoms with Gasteiger partial charge in [0.2, 0.25) is 5.95 Å². The summed E-state index contributed by atoms with van der Waals surface area (Å²) in [5.74, 6) is 1.65. The first-order valence-corrected chi connectivity index (χ1v) is 11.2. The van der Waals surface area contributed by atoms with E-state index in [1.807, 2.05) is 24.4 Å². The number of allylic oxidation sites excluding steroid dienone is 1. The van der Waals surface area contributed by atoms with E-state index in [1.54, 1.807) is 6.33 Å². The van der Waals surface area contributed by atoms with Gasteiger partial charge < -0.3 is 20.1 Å². The van der Waals surface area contributed by atoms with Gasteiger partial charge in [-0.15, -0.1) is 0 Å². The fourth-order valence-electron chi connectivity index (χ4n) is 4.15. The van der Waals surface area contributed by atoms with Crippen LogP contribution >= 0.6 is 15.9 Å². The summed E-state index contributed by atoms with van der Waals surface area (Å²) in [4.78, 5) is 16.7. The van der Waals surface area contributed by atoms with Crippen molar-refractivity contribution in [3.05, 3.63) is 46.5 Å². The molecule has 1 saturated carbocycles. The van der Waals surface area contributed by atoms with E-state index in [0.717, 1.165) is 70.3 Å². The number of aliphatic hydroxyl groups is 1. The second-order valence-corrected chi connectivity index (χ2v) is 9.01. The molecular weight excluding hydrogens is 446 g/mol. The molecule has 3 aromatic rings. The molecule has 2 aromatic heterocycles. The highest BCUT2D eigenvalue weighted by Gasteiger charge is 2.30. The van der Waals surface area contributed by atoms with Crippen LogP contribution in [0.1, 0.15) is 43.9 Å². The standard InChI is InChI=1S/C22H24BrN5O2/c1-12-8-13-10-24-22(27-14-2-7-17-18(9-14)26-11-25-17)28-20(13)21(19(12)23)30-16-5-3-15(29)4-6-16/h2,7,9-12,15-16,29H,3-6,8H2,1H3,(H,25,26)(H,24,27,28)/t12?,15-,16+. The molecular formula is C22H24BrN5O2. The average molecular weight is 470 g/mol. The minimum absolute atomic E-state index is 0.100. The minimum Gasteiger partial charge on any atom is -0.487 e. The van der Waals surface area contributed by atoms with Crippen molar-refractivity contribution in [2.45, 2.75) is 51.2 Å². The molecule has 30 heavy (non-hydrogen) atoms. The molecule has 7 nitrogen and oxygen atoms in total. The minimum atomic E-state index is -0.204. The fraction of sp³-hybridized carbons (Fsp3) is 0.409. The molecule has 8 heteroatoms. The van der Waals surface area contributed by atoms with Crippen LogP contribution in [-0.4, -0.2) is 37.3 Å². The van der Waals surface area contributed by atoms with Gasteiger partial charge in [-0.3, -0.25) is 0 Å². The Kier molecular flexibility index (Phi) is 5.20. The van der Waals surface area contributed by atoms with Crippen molar-refractivity contribution >= 4 is 44.4 Å². The lowest BCUT2D eigenvalue weighted by Crippen LogP contribution is -2.26. The number of hydrogen-bond donors (Lipinski definition) is 3. The van der Waals surface area contributed by atoms with E-state index in [-0.39, 0.29) is 12.2 Å². The number of halogens is 1. The van der Waals surface area contributed by atoms with Crippen LogP contribution < -0.4 is 5.32 Å². The normalized spacial score (nSPS) is 24.0. The first kappa shape index (κ1) is 19.5. The Hall–Kier alpha value is -2.45. The Morgan fingerprint density at radius 3 is 2.87 bits per heavy atom. The van der Waals surface area contributed by atoms with Gasteiger partial charge in [0.05, 0.1) is 29.6 Å². The van der Waals surface area contributed by atoms with E-state index in [1.165, 1.54) is 0 Å². The monoisotopic (exact) mass is 469 g/mol. The third-order valence-electron chi connectivity index (χ3n) is 5.86. The number of nitrogens with zero attached hydrogens (tertiary/aromatic N) is 3. The van der Waals surface area contributed by atoms with E-state index in [2.05, 4.69) is 43.1 Å². The van der Waals surface area contributed by atoms with Gasteiger partial charge in [-0.25, -0.2) is 15.0 Å². The molecule has 0 saturated heterocycles. The van der Waals surface area contributed by atoms with Crippen LogP contribution in [0.4, 0.5) is 11.6 Å². The van der Waals surface area contributed by atoms with Gasteiger partial charge in [-0.2, -0.15) is 0 Å². The third-order valence-corrected chi connectivity index (χ3v) is 7.00. The molecule has 0 radical (unpaired) electrons. The number of aliphatic hydroxyl groups excluding tert-OH is 1. The zero-order chi connectivity index (χ0) is 20.7. The van der Waals surface area contributed by atoms with Gasteiger partial charge in [0.15, 0.2) is 5.76 Å². The molecule has 0 amide bonds. The number of fused-ring (bicyclic) bond motifs is 2. The van der Waals surface area contributed by atoms with Crippen LogP contribution in [0.25, 0.3) is 16.8 Å². The Morgan fingerprint density at radius 2 is 2.03 bits per heavy atom. The number of ether oxygens (including phenoxy) is 1. The molecule has 1 fully saturated rings. The SMILES string of the molecule is CC1Cc2cnc(Nc3ccc4nc[nH]c4c3)nc2C(O[C@H]2CC[C@@H](O)CC2)=C1Br. The number of anilines is 2. The first-order valence-electron chi connectivity index (χ1n) is 10.4. The van der Waals surface area contributed by atoms with Gasteiger partial charge >= 0.3 is 0 Å². The molecule has 1 unspecified atom stereocenters. The maximum atomic E-state index is 9.80. The van der Waals surface area contributed by atoms with Gasteiger partial charge in [-0.05, 0) is 56.2 Å². The van der Waals surface area contributed by atoms with Gasteiger partial charge in [-0.1, -0.05) is 22.9 Å². The highest BCUT2D eigenvalue weighted by Crippen LogP contribution is 2.40. The number of benzene rings is 1. The first-order chi connectivity index (χ1) is 14.6. The molecule has 0 spiro atoms. The van der Waals surface area contributed by atoms with Crippen LogP contribution in [0.15, 0.2) is 35.2 Å². The molecule has 1 aromatic carbocycles. The number of aromatic nitrogens is 4. The fourth-order valence-corrected chi connectivity index (χ4v) is 4.60.